The first-order valence-electron chi connectivity index (χ1n) is 7.86. The summed E-state index contributed by atoms with van der Waals surface area (Å²) in [4.78, 5) is 22.7. The first-order valence-corrected chi connectivity index (χ1v) is 8.65. The molecule has 1 N–H and O–H groups in total. The van der Waals surface area contributed by atoms with Gasteiger partial charge in [0.05, 0.1) is 22.6 Å². The van der Waals surface area contributed by atoms with E-state index >= 15 is 0 Å². The van der Waals surface area contributed by atoms with Crippen molar-refractivity contribution in [2.24, 2.45) is 0 Å². The van der Waals surface area contributed by atoms with Crippen LogP contribution >= 0.6 is 15.9 Å². The lowest BCUT2D eigenvalue weighted by Crippen LogP contribution is -2.20. The van der Waals surface area contributed by atoms with E-state index in [1.165, 1.54) is 25.3 Å². The van der Waals surface area contributed by atoms with Gasteiger partial charge in [-0.25, -0.2) is 0 Å². The van der Waals surface area contributed by atoms with Crippen molar-refractivity contribution in [1.82, 2.24) is 0 Å². The number of nitrogens with one attached hydrogen (secondary N) is 1. The SMILES string of the molecule is COc1ccc(NC(=O)COc2ccc(C(C)C)cc2Br)c([N+](=O)[O-])c1. The number of rotatable bonds is 7. The average Bonchev–Trinajstić information content (AvgIpc) is 2.60. The average molecular weight is 423 g/mol. The molecular weight excluding hydrogens is 404 g/mol. The molecule has 0 unspecified atom stereocenters. The number of hydrogen-bond donors (Lipinski definition) is 1. The fourth-order valence-electron chi connectivity index (χ4n) is 2.22. The summed E-state index contributed by atoms with van der Waals surface area (Å²) in [6.45, 7) is 3.89. The zero-order chi connectivity index (χ0) is 19.3. The van der Waals surface area contributed by atoms with Crippen LogP contribution in [0.25, 0.3) is 0 Å². The van der Waals surface area contributed by atoms with Crippen molar-refractivity contribution in [3.63, 3.8) is 0 Å². The molecule has 0 fully saturated rings. The topological polar surface area (TPSA) is 90.7 Å². The fraction of sp³-hybridized carbons (Fsp3) is 0.278. The van der Waals surface area contributed by atoms with Crippen molar-refractivity contribution in [3.8, 4) is 11.5 Å². The molecule has 7 nitrogen and oxygen atoms in total. The first kappa shape index (κ1) is 19.7. The van der Waals surface area contributed by atoms with E-state index in [4.69, 9.17) is 9.47 Å². The highest BCUT2D eigenvalue weighted by atomic mass is 79.9. The van der Waals surface area contributed by atoms with Gasteiger partial charge in [0.25, 0.3) is 11.6 Å². The highest BCUT2D eigenvalue weighted by Crippen LogP contribution is 2.30. The molecule has 2 aromatic rings. The van der Waals surface area contributed by atoms with Gasteiger partial charge in [-0.3, -0.25) is 14.9 Å². The van der Waals surface area contributed by atoms with Gasteiger partial charge in [-0.2, -0.15) is 0 Å². The third kappa shape index (κ3) is 4.95. The van der Waals surface area contributed by atoms with Crippen LogP contribution in [0.3, 0.4) is 0 Å². The molecule has 1 amide bonds. The van der Waals surface area contributed by atoms with Gasteiger partial charge in [-0.15, -0.1) is 0 Å². The third-order valence-corrected chi connectivity index (χ3v) is 4.28. The summed E-state index contributed by atoms with van der Waals surface area (Å²) in [5.41, 5.74) is 0.973. The predicted octanol–water partition coefficient (Wildman–Crippen LogP) is 4.51. The summed E-state index contributed by atoms with van der Waals surface area (Å²) in [5.74, 6) is 0.728. The maximum atomic E-state index is 12.1. The van der Waals surface area contributed by atoms with E-state index in [0.717, 1.165) is 10.0 Å². The lowest BCUT2D eigenvalue weighted by atomic mass is 10.0. The maximum absolute atomic E-state index is 12.1. The minimum absolute atomic E-state index is 0.0821. The number of carbonyl (C=O) groups is 1. The van der Waals surface area contributed by atoms with Gasteiger partial charge in [0.1, 0.15) is 17.2 Å². The number of methoxy groups -OCH3 is 1. The van der Waals surface area contributed by atoms with E-state index in [-0.39, 0.29) is 18.0 Å². The highest BCUT2D eigenvalue weighted by molar-refractivity contribution is 9.10. The van der Waals surface area contributed by atoms with Gasteiger partial charge in [-0.1, -0.05) is 19.9 Å². The normalized spacial score (nSPS) is 10.5. The Balaban J connectivity index is 2.05. The predicted molar refractivity (Wildman–Crippen MR) is 102 cm³/mol. The van der Waals surface area contributed by atoms with Gasteiger partial charge >= 0.3 is 0 Å². The van der Waals surface area contributed by atoms with Gasteiger partial charge in [-0.05, 0) is 51.7 Å². The molecule has 0 bridgehead atoms. The zero-order valence-electron chi connectivity index (χ0n) is 14.6. The Hall–Kier alpha value is -2.61. The van der Waals surface area contributed by atoms with Gasteiger partial charge in [0.2, 0.25) is 0 Å². The Bertz CT molecular complexity index is 823. The number of anilines is 1. The van der Waals surface area contributed by atoms with Crippen molar-refractivity contribution in [3.05, 3.63) is 56.5 Å². The second kappa shape index (κ2) is 8.66. The van der Waals surface area contributed by atoms with Crippen LogP contribution in [0.15, 0.2) is 40.9 Å². The van der Waals surface area contributed by atoms with E-state index in [1.807, 2.05) is 12.1 Å². The van der Waals surface area contributed by atoms with E-state index in [1.54, 1.807) is 6.07 Å². The molecule has 0 radical (unpaired) electrons. The molecule has 0 spiro atoms. The second-order valence-electron chi connectivity index (χ2n) is 5.82. The fourth-order valence-corrected chi connectivity index (χ4v) is 2.73. The molecule has 0 saturated carbocycles. The van der Waals surface area contributed by atoms with E-state index < -0.39 is 10.8 Å². The quantitative estimate of drug-likeness (QED) is 0.523. The number of carbonyl (C=O) groups excluding carboxylic acids is 1. The lowest BCUT2D eigenvalue weighted by Gasteiger charge is -2.12. The molecule has 2 rings (SSSR count). The molecule has 0 aromatic heterocycles. The minimum atomic E-state index is -0.583. The second-order valence-corrected chi connectivity index (χ2v) is 6.68. The number of nitrogens with zero attached hydrogens (tertiary/aromatic N) is 1. The Labute approximate surface area is 159 Å². The van der Waals surface area contributed by atoms with Crippen LogP contribution in [0, 0.1) is 10.1 Å². The highest BCUT2D eigenvalue weighted by Gasteiger charge is 2.17. The van der Waals surface area contributed by atoms with Crippen LogP contribution in [0.5, 0.6) is 11.5 Å². The molecular formula is C18H19BrN2O5. The summed E-state index contributed by atoms with van der Waals surface area (Å²) >= 11 is 3.42. The molecule has 0 aliphatic rings. The number of nitro groups is 1. The molecule has 0 aliphatic carbocycles. The number of benzene rings is 2. The van der Waals surface area contributed by atoms with Crippen molar-refractivity contribution < 1.29 is 19.2 Å². The summed E-state index contributed by atoms with van der Waals surface area (Å²) in [6, 6.07) is 9.84. The van der Waals surface area contributed by atoms with Crippen molar-refractivity contribution in [2.45, 2.75) is 19.8 Å². The van der Waals surface area contributed by atoms with Gasteiger partial charge in [0, 0.05) is 0 Å². The van der Waals surface area contributed by atoms with Crippen LogP contribution in [-0.4, -0.2) is 24.5 Å². The summed E-state index contributed by atoms with van der Waals surface area (Å²) in [7, 11) is 1.41. The molecule has 0 aliphatic heterocycles. The molecule has 26 heavy (non-hydrogen) atoms. The van der Waals surface area contributed by atoms with Crippen molar-refractivity contribution in [2.75, 3.05) is 19.0 Å². The Kier molecular flexibility index (Phi) is 6.57. The van der Waals surface area contributed by atoms with Gasteiger partial charge in [0.15, 0.2) is 6.61 Å². The monoisotopic (exact) mass is 422 g/mol. The summed E-state index contributed by atoms with van der Waals surface area (Å²) < 4.78 is 11.2. The summed E-state index contributed by atoms with van der Waals surface area (Å²) in [6.07, 6.45) is 0. The number of ether oxygens (including phenoxy) is 2. The maximum Gasteiger partial charge on any atom is 0.296 e. The Morgan fingerprint density at radius 2 is 2.00 bits per heavy atom. The zero-order valence-corrected chi connectivity index (χ0v) is 16.2. The smallest absolute Gasteiger partial charge is 0.296 e. The summed E-state index contributed by atoms with van der Waals surface area (Å²) in [5, 5.41) is 13.6. The van der Waals surface area contributed by atoms with Crippen LogP contribution in [-0.2, 0) is 4.79 Å². The number of hydrogen-bond acceptors (Lipinski definition) is 5. The van der Waals surface area contributed by atoms with Crippen molar-refractivity contribution in [1.29, 1.82) is 0 Å². The van der Waals surface area contributed by atoms with Gasteiger partial charge < -0.3 is 14.8 Å². The number of halogens is 1. The molecule has 0 atom stereocenters. The Morgan fingerprint density at radius 3 is 2.58 bits per heavy atom. The first-order chi connectivity index (χ1) is 12.3. The lowest BCUT2D eigenvalue weighted by molar-refractivity contribution is -0.384. The van der Waals surface area contributed by atoms with E-state index in [2.05, 4.69) is 35.1 Å². The number of nitro benzene ring substituents is 1. The molecule has 8 heteroatoms. The van der Waals surface area contributed by atoms with E-state index in [9.17, 15) is 14.9 Å². The molecule has 0 saturated heterocycles. The Morgan fingerprint density at radius 1 is 1.27 bits per heavy atom. The molecule has 2 aromatic carbocycles. The van der Waals surface area contributed by atoms with Crippen LogP contribution in [0.2, 0.25) is 0 Å². The number of amides is 1. The molecule has 0 heterocycles. The third-order valence-electron chi connectivity index (χ3n) is 3.66. The van der Waals surface area contributed by atoms with Crippen LogP contribution in [0.1, 0.15) is 25.3 Å². The van der Waals surface area contributed by atoms with Crippen molar-refractivity contribution >= 4 is 33.2 Å². The minimum Gasteiger partial charge on any atom is -0.496 e. The van der Waals surface area contributed by atoms with Crippen LogP contribution < -0.4 is 14.8 Å². The standard InChI is InChI=1S/C18H19BrN2O5/c1-11(2)12-4-7-17(14(19)8-12)26-10-18(22)20-15-6-5-13(25-3)9-16(15)21(23)24/h4-9,11H,10H2,1-3H3,(H,20,22). The van der Waals surface area contributed by atoms with Crippen LogP contribution in [0.4, 0.5) is 11.4 Å². The van der Waals surface area contributed by atoms with E-state index in [0.29, 0.717) is 17.4 Å². The largest absolute Gasteiger partial charge is 0.496 e. The molecule has 138 valence electrons.